The van der Waals surface area contributed by atoms with E-state index < -0.39 is 5.97 Å². The van der Waals surface area contributed by atoms with E-state index in [1.807, 2.05) is 0 Å². The van der Waals surface area contributed by atoms with Crippen LogP contribution < -0.4 is 0 Å². The van der Waals surface area contributed by atoms with Gasteiger partial charge in [0.05, 0.1) is 12.2 Å². The van der Waals surface area contributed by atoms with E-state index in [1.165, 1.54) is 51.4 Å². The molecule has 1 aliphatic heterocycles. The molecule has 12 unspecified atom stereocenters. The molecule has 1 heterocycles. The average molecular weight is 441 g/mol. The van der Waals surface area contributed by atoms with Crippen molar-refractivity contribution in [3.05, 3.63) is 37.5 Å². The van der Waals surface area contributed by atoms with Crippen molar-refractivity contribution in [1.82, 2.24) is 0 Å². The van der Waals surface area contributed by atoms with Crippen LogP contribution in [-0.4, -0.2) is 23.4 Å². The second kappa shape index (κ2) is 9.10. The molecule has 4 bridgehead atoms. The quantitative estimate of drug-likeness (QED) is 0.246. The lowest BCUT2D eigenvalue weighted by Gasteiger charge is -2.36. The Bertz CT molecular complexity index is 759. The molecule has 0 amide bonds. The van der Waals surface area contributed by atoms with E-state index in [0.29, 0.717) is 12.2 Å². The van der Waals surface area contributed by atoms with E-state index in [-0.39, 0.29) is 0 Å². The molecule has 0 aromatic carbocycles. The largest absolute Gasteiger partial charge is 0.370 e. The number of carbonyl (C=O) groups is 1. The third kappa shape index (κ3) is 4.03. The van der Waals surface area contributed by atoms with Gasteiger partial charge in [0, 0.05) is 6.92 Å². The highest BCUT2D eigenvalue weighted by Crippen LogP contribution is 2.62. The molecular weight excluding hydrogens is 400 g/mol. The van der Waals surface area contributed by atoms with Gasteiger partial charge < -0.3 is 9.62 Å². The SMILES string of the molecule is C=CC1CC2CC1C1CC3OC3CC21.C=CC1CC2CC1C1CC=CCC21.CC(=O)OO. The number of carbonyl (C=O) groups excluding carboxylic acids is 1. The molecular formula is C28H40O4. The maximum Gasteiger partial charge on any atom is 0.339 e. The van der Waals surface area contributed by atoms with E-state index >= 15 is 0 Å². The molecule has 0 spiro atoms. The topological polar surface area (TPSA) is 59.1 Å². The average Bonchev–Trinajstić information content (AvgIpc) is 3.18. The summed E-state index contributed by atoms with van der Waals surface area (Å²) in [5, 5.41) is 7.29. The maximum atomic E-state index is 9.34. The van der Waals surface area contributed by atoms with Gasteiger partial charge in [0.15, 0.2) is 0 Å². The van der Waals surface area contributed by atoms with E-state index in [9.17, 15) is 4.79 Å². The Labute approximate surface area is 193 Å². The number of fused-ring (bicyclic) bond motifs is 11. The molecule has 32 heavy (non-hydrogen) atoms. The molecule has 0 aromatic heterocycles. The summed E-state index contributed by atoms with van der Waals surface area (Å²) in [5.41, 5.74) is 0. The van der Waals surface area contributed by atoms with Crippen LogP contribution in [0.1, 0.15) is 58.3 Å². The van der Waals surface area contributed by atoms with Gasteiger partial charge in [-0.3, -0.25) is 0 Å². The molecule has 0 aromatic rings. The fraction of sp³-hybridized carbons (Fsp3) is 0.750. The zero-order chi connectivity index (χ0) is 22.4. The Morgan fingerprint density at radius 1 is 0.812 bits per heavy atom. The van der Waals surface area contributed by atoms with E-state index in [0.717, 1.165) is 66.1 Å². The summed E-state index contributed by atoms with van der Waals surface area (Å²) in [6, 6.07) is 0. The Balaban J connectivity index is 0.000000113. The maximum absolute atomic E-state index is 9.34. The van der Waals surface area contributed by atoms with Crippen molar-refractivity contribution in [2.75, 3.05) is 0 Å². The van der Waals surface area contributed by atoms with Crippen LogP contribution in [0.3, 0.4) is 0 Å². The summed E-state index contributed by atoms with van der Waals surface area (Å²) in [6.45, 7) is 9.09. The van der Waals surface area contributed by atoms with Crippen LogP contribution in [0.5, 0.6) is 0 Å². The van der Waals surface area contributed by atoms with Crippen LogP contribution in [0.25, 0.3) is 0 Å². The van der Waals surface area contributed by atoms with E-state index in [4.69, 9.17) is 9.99 Å². The lowest BCUT2D eigenvalue weighted by Crippen LogP contribution is -2.32. The summed E-state index contributed by atoms with van der Waals surface area (Å²) in [6.07, 6.45) is 22.0. The van der Waals surface area contributed by atoms with Crippen molar-refractivity contribution in [1.29, 1.82) is 0 Å². The summed E-state index contributed by atoms with van der Waals surface area (Å²) in [4.78, 5) is 12.5. The molecule has 12 atom stereocenters. The molecule has 7 aliphatic rings. The van der Waals surface area contributed by atoms with Crippen LogP contribution in [0.15, 0.2) is 37.5 Å². The number of epoxide rings is 1. The van der Waals surface area contributed by atoms with Gasteiger partial charge in [-0.1, -0.05) is 24.3 Å². The van der Waals surface area contributed by atoms with Crippen molar-refractivity contribution in [3.8, 4) is 0 Å². The normalized spacial score (nSPS) is 49.9. The van der Waals surface area contributed by atoms with Gasteiger partial charge >= 0.3 is 5.97 Å². The zero-order valence-corrected chi connectivity index (χ0v) is 19.5. The Morgan fingerprint density at radius 3 is 1.88 bits per heavy atom. The summed E-state index contributed by atoms with van der Waals surface area (Å²) in [5.74, 6) is 9.16. The highest BCUT2D eigenvalue weighted by atomic mass is 17.1. The van der Waals surface area contributed by atoms with Crippen molar-refractivity contribution in [2.24, 2.45) is 59.2 Å². The van der Waals surface area contributed by atoms with Crippen molar-refractivity contribution in [3.63, 3.8) is 0 Å². The predicted molar refractivity (Wildman–Crippen MR) is 124 cm³/mol. The smallest absolute Gasteiger partial charge is 0.339 e. The summed E-state index contributed by atoms with van der Waals surface area (Å²) < 4.78 is 5.68. The highest BCUT2D eigenvalue weighted by molar-refractivity contribution is 5.64. The Hall–Kier alpha value is -1.39. The second-order valence-electron chi connectivity index (χ2n) is 11.5. The van der Waals surface area contributed by atoms with Crippen LogP contribution >= 0.6 is 0 Å². The lowest BCUT2D eigenvalue weighted by molar-refractivity contribution is -0.231. The van der Waals surface area contributed by atoms with Gasteiger partial charge in [0.1, 0.15) is 0 Å². The number of hydrogen-bond acceptors (Lipinski definition) is 4. The van der Waals surface area contributed by atoms with Gasteiger partial charge in [0.25, 0.3) is 0 Å². The van der Waals surface area contributed by atoms with E-state index in [2.05, 4.69) is 42.3 Å². The van der Waals surface area contributed by atoms with E-state index in [1.54, 1.807) is 0 Å². The van der Waals surface area contributed by atoms with Crippen molar-refractivity contribution >= 4 is 5.97 Å². The van der Waals surface area contributed by atoms with Crippen LogP contribution in [-0.2, 0) is 14.4 Å². The standard InChI is InChI=1S/C13H18O.C13H18.C2H4O3/c1-2-7-3-8-4-9(7)11-6-13-12(14-13)5-10(8)11;1-2-9-7-10-8-13(9)12-6-4-3-5-11(10)12;1-2(3)5-4/h2,7-13H,1,3-6H2;2-4,9-13H,1,5-8H2;4H,1H3. The van der Waals surface area contributed by atoms with Crippen molar-refractivity contribution in [2.45, 2.75) is 70.5 Å². The van der Waals surface area contributed by atoms with Gasteiger partial charge in [-0.25, -0.2) is 4.79 Å². The minimum Gasteiger partial charge on any atom is -0.370 e. The molecule has 4 heteroatoms. The van der Waals surface area contributed by atoms with Gasteiger partial charge in [0.2, 0.25) is 0 Å². The molecule has 1 N–H and O–H groups in total. The highest BCUT2D eigenvalue weighted by Gasteiger charge is 2.59. The molecule has 5 saturated carbocycles. The number of hydrogen-bond donors (Lipinski definition) is 1. The zero-order valence-electron chi connectivity index (χ0n) is 19.5. The minimum atomic E-state index is -0.690. The van der Waals surface area contributed by atoms with Crippen LogP contribution in [0, 0.1) is 59.2 Å². The molecule has 7 rings (SSSR count). The predicted octanol–water partition coefficient (Wildman–Crippen LogP) is 6.06. The first kappa shape index (κ1) is 22.4. The fourth-order valence-corrected chi connectivity index (χ4v) is 8.92. The third-order valence-electron chi connectivity index (χ3n) is 10.2. The first-order valence-corrected chi connectivity index (χ1v) is 12.9. The second-order valence-corrected chi connectivity index (χ2v) is 11.5. The van der Waals surface area contributed by atoms with Crippen LogP contribution in [0.4, 0.5) is 0 Å². The first-order valence-electron chi connectivity index (χ1n) is 12.9. The number of allylic oxidation sites excluding steroid dienone is 4. The monoisotopic (exact) mass is 440 g/mol. The van der Waals surface area contributed by atoms with Gasteiger partial charge in [-0.2, -0.15) is 5.26 Å². The molecule has 4 nitrogen and oxygen atoms in total. The van der Waals surface area contributed by atoms with Gasteiger partial charge in [-0.15, -0.1) is 13.2 Å². The van der Waals surface area contributed by atoms with Gasteiger partial charge in [-0.05, 0) is 111 Å². The Morgan fingerprint density at radius 2 is 1.31 bits per heavy atom. The number of rotatable bonds is 2. The fourth-order valence-electron chi connectivity index (χ4n) is 8.92. The summed E-state index contributed by atoms with van der Waals surface area (Å²) >= 11 is 0. The molecule has 1 saturated heterocycles. The molecule has 6 fully saturated rings. The van der Waals surface area contributed by atoms with Crippen molar-refractivity contribution < 1.29 is 19.7 Å². The first-order chi connectivity index (χ1) is 15.5. The minimum absolute atomic E-state index is 0.668. The lowest BCUT2D eigenvalue weighted by atomic mass is 9.67. The summed E-state index contributed by atoms with van der Waals surface area (Å²) in [7, 11) is 0. The third-order valence-corrected chi connectivity index (χ3v) is 10.2. The molecule has 6 aliphatic carbocycles. The molecule has 0 radical (unpaired) electrons. The Kier molecular flexibility index (Phi) is 6.37. The number of ether oxygens (including phenoxy) is 1. The molecule has 176 valence electrons. The van der Waals surface area contributed by atoms with Crippen LogP contribution in [0.2, 0.25) is 0 Å².